The van der Waals surface area contributed by atoms with Crippen molar-refractivity contribution in [2.75, 3.05) is 5.73 Å². The Kier molecular flexibility index (Phi) is 3.34. The lowest BCUT2D eigenvalue weighted by atomic mass is 10.2. The second-order valence-corrected chi connectivity index (χ2v) is 3.59. The highest BCUT2D eigenvalue weighted by atomic mass is 16.2. The van der Waals surface area contributed by atoms with Crippen LogP contribution in [0.2, 0.25) is 0 Å². The molecule has 1 rings (SSSR count). The van der Waals surface area contributed by atoms with Gasteiger partial charge in [-0.05, 0) is 20.3 Å². The molecule has 2 N–H and O–H groups in total. The highest BCUT2D eigenvalue weighted by Gasteiger charge is 2.12. The minimum absolute atomic E-state index is 0.119. The zero-order valence-corrected chi connectivity index (χ0v) is 9.36. The summed E-state index contributed by atoms with van der Waals surface area (Å²) in [4.78, 5) is 23.5. The van der Waals surface area contributed by atoms with Crippen molar-refractivity contribution in [3.8, 4) is 0 Å². The zero-order valence-electron chi connectivity index (χ0n) is 9.36. The van der Waals surface area contributed by atoms with Crippen molar-refractivity contribution in [2.45, 2.75) is 39.8 Å². The molecule has 0 aliphatic carbocycles. The number of nitrogens with two attached hydrogens (primary N) is 1. The fourth-order valence-corrected chi connectivity index (χ4v) is 1.44. The number of aromatic nitrogens is 2. The molecule has 0 aliphatic rings. The molecular formula is C10H17N3O2. The quantitative estimate of drug-likeness (QED) is 0.795. The summed E-state index contributed by atoms with van der Waals surface area (Å²) >= 11 is 0. The van der Waals surface area contributed by atoms with Crippen LogP contribution < -0.4 is 17.0 Å². The first kappa shape index (κ1) is 11.6. The molecule has 0 saturated heterocycles. The van der Waals surface area contributed by atoms with Crippen molar-refractivity contribution in [3.05, 3.63) is 27.0 Å². The van der Waals surface area contributed by atoms with E-state index >= 15 is 0 Å². The molecule has 0 bridgehead atoms. The van der Waals surface area contributed by atoms with Gasteiger partial charge in [-0.3, -0.25) is 13.9 Å². The van der Waals surface area contributed by atoms with Crippen molar-refractivity contribution in [3.63, 3.8) is 0 Å². The van der Waals surface area contributed by atoms with Crippen LogP contribution in [0.5, 0.6) is 0 Å². The van der Waals surface area contributed by atoms with Crippen LogP contribution in [0.25, 0.3) is 0 Å². The average Bonchev–Trinajstić information content (AvgIpc) is 2.23. The lowest BCUT2D eigenvalue weighted by molar-refractivity contribution is 0.467. The molecule has 0 aliphatic heterocycles. The van der Waals surface area contributed by atoms with Crippen LogP contribution in [-0.4, -0.2) is 9.13 Å². The normalized spacial score (nSPS) is 12.7. The van der Waals surface area contributed by atoms with E-state index in [1.807, 2.05) is 20.8 Å². The number of aryl methyl sites for hydroxylation is 1. The Morgan fingerprint density at radius 2 is 2.00 bits per heavy atom. The topological polar surface area (TPSA) is 70.0 Å². The maximum absolute atomic E-state index is 11.8. The van der Waals surface area contributed by atoms with Gasteiger partial charge in [-0.2, -0.15) is 0 Å². The number of hydrogen-bond donors (Lipinski definition) is 1. The monoisotopic (exact) mass is 211 g/mol. The lowest BCUT2D eigenvalue weighted by Crippen LogP contribution is -2.41. The molecular weight excluding hydrogens is 194 g/mol. The molecule has 1 unspecified atom stereocenters. The van der Waals surface area contributed by atoms with Gasteiger partial charge in [-0.15, -0.1) is 0 Å². The standard InChI is InChI=1S/C10H17N3O2/c1-4-7(3)13-9(14)8(11)6-12(5-2)10(13)15/h6-7H,4-5,11H2,1-3H3. The predicted molar refractivity (Wildman–Crippen MR) is 60.1 cm³/mol. The highest BCUT2D eigenvalue weighted by molar-refractivity contribution is 5.31. The Hall–Kier alpha value is -1.52. The summed E-state index contributed by atoms with van der Waals surface area (Å²) in [7, 11) is 0. The fourth-order valence-electron chi connectivity index (χ4n) is 1.44. The maximum Gasteiger partial charge on any atom is 0.331 e. The average molecular weight is 211 g/mol. The van der Waals surface area contributed by atoms with E-state index in [0.717, 1.165) is 6.42 Å². The van der Waals surface area contributed by atoms with Gasteiger partial charge in [0.2, 0.25) is 0 Å². The molecule has 1 heterocycles. The van der Waals surface area contributed by atoms with Gasteiger partial charge in [0.1, 0.15) is 5.69 Å². The van der Waals surface area contributed by atoms with E-state index in [1.165, 1.54) is 15.3 Å². The maximum atomic E-state index is 11.8. The first-order valence-corrected chi connectivity index (χ1v) is 5.14. The van der Waals surface area contributed by atoms with Crippen molar-refractivity contribution in [1.82, 2.24) is 9.13 Å². The SMILES string of the molecule is CCC(C)n1c(=O)c(N)cn(CC)c1=O. The van der Waals surface area contributed by atoms with Gasteiger partial charge in [-0.1, -0.05) is 6.92 Å². The Morgan fingerprint density at radius 1 is 1.40 bits per heavy atom. The molecule has 84 valence electrons. The van der Waals surface area contributed by atoms with E-state index in [4.69, 9.17) is 5.73 Å². The lowest BCUT2D eigenvalue weighted by Gasteiger charge is -2.14. The Morgan fingerprint density at radius 3 is 2.47 bits per heavy atom. The largest absolute Gasteiger partial charge is 0.393 e. The van der Waals surface area contributed by atoms with Gasteiger partial charge in [0.15, 0.2) is 0 Å². The molecule has 0 fully saturated rings. The van der Waals surface area contributed by atoms with Crippen LogP contribution in [0.15, 0.2) is 15.8 Å². The molecule has 1 aromatic heterocycles. The van der Waals surface area contributed by atoms with E-state index in [1.54, 1.807) is 0 Å². The molecule has 5 heteroatoms. The van der Waals surface area contributed by atoms with Crippen molar-refractivity contribution >= 4 is 5.69 Å². The van der Waals surface area contributed by atoms with Crippen LogP contribution in [0, 0.1) is 0 Å². The summed E-state index contributed by atoms with van der Waals surface area (Å²) in [6.07, 6.45) is 2.13. The molecule has 1 aromatic rings. The molecule has 1 atom stereocenters. The van der Waals surface area contributed by atoms with E-state index in [9.17, 15) is 9.59 Å². The molecule has 5 nitrogen and oxygen atoms in total. The second kappa shape index (κ2) is 4.33. The Bertz CT molecular complexity index is 459. The number of nitrogen functional groups attached to an aromatic ring is 1. The second-order valence-electron chi connectivity index (χ2n) is 3.59. The highest BCUT2D eigenvalue weighted by Crippen LogP contribution is 2.04. The van der Waals surface area contributed by atoms with Crippen LogP contribution in [0.4, 0.5) is 5.69 Å². The first-order chi connectivity index (χ1) is 7.02. The molecule has 15 heavy (non-hydrogen) atoms. The minimum atomic E-state index is -0.390. The van der Waals surface area contributed by atoms with Crippen LogP contribution >= 0.6 is 0 Å². The third-order valence-corrected chi connectivity index (χ3v) is 2.58. The van der Waals surface area contributed by atoms with Crippen LogP contribution in [-0.2, 0) is 6.54 Å². The van der Waals surface area contributed by atoms with Gasteiger partial charge in [0.25, 0.3) is 5.56 Å². The summed E-state index contributed by atoms with van der Waals surface area (Å²) in [5.74, 6) is 0. The minimum Gasteiger partial charge on any atom is -0.393 e. The smallest absolute Gasteiger partial charge is 0.331 e. The Labute approximate surface area is 88.1 Å². The van der Waals surface area contributed by atoms with Crippen molar-refractivity contribution in [1.29, 1.82) is 0 Å². The Balaban J connectivity index is 3.55. The van der Waals surface area contributed by atoms with Gasteiger partial charge >= 0.3 is 5.69 Å². The van der Waals surface area contributed by atoms with Crippen LogP contribution in [0.1, 0.15) is 33.2 Å². The molecule has 0 amide bonds. The van der Waals surface area contributed by atoms with Gasteiger partial charge in [0, 0.05) is 18.8 Å². The fraction of sp³-hybridized carbons (Fsp3) is 0.600. The van der Waals surface area contributed by atoms with E-state index in [-0.39, 0.29) is 23.0 Å². The summed E-state index contributed by atoms with van der Waals surface area (Å²) in [6, 6.07) is -0.119. The number of nitrogens with zero attached hydrogens (tertiary/aromatic N) is 2. The van der Waals surface area contributed by atoms with E-state index < -0.39 is 0 Å². The molecule has 0 saturated carbocycles. The third kappa shape index (κ3) is 1.95. The van der Waals surface area contributed by atoms with Gasteiger partial charge in [0.05, 0.1) is 0 Å². The van der Waals surface area contributed by atoms with Gasteiger partial charge in [-0.25, -0.2) is 4.79 Å². The summed E-state index contributed by atoms with van der Waals surface area (Å²) in [5.41, 5.74) is 5.01. The zero-order chi connectivity index (χ0) is 11.6. The van der Waals surface area contributed by atoms with E-state index in [2.05, 4.69) is 0 Å². The first-order valence-electron chi connectivity index (χ1n) is 5.14. The summed E-state index contributed by atoms with van der Waals surface area (Å²) in [5, 5.41) is 0. The molecule has 0 radical (unpaired) electrons. The summed E-state index contributed by atoms with van der Waals surface area (Å²) < 4.78 is 2.67. The van der Waals surface area contributed by atoms with Crippen molar-refractivity contribution < 1.29 is 0 Å². The van der Waals surface area contributed by atoms with Gasteiger partial charge < -0.3 is 5.73 Å². The number of rotatable bonds is 3. The molecule has 0 aromatic carbocycles. The number of hydrogen-bond acceptors (Lipinski definition) is 3. The molecule has 0 spiro atoms. The van der Waals surface area contributed by atoms with E-state index in [0.29, 0.717) is 6.54 Å². The summed E-state index contributed by atoms with van der Waals surface area (Å²) in [6.45, 7) is 6.12. The predicted octanol–water partition coefficient (Wildman–Crippen LogP) is 0.583. The van der Waals surface area contributed by atoms with Crippen LogP contribution in [0.3, 0.4) is 0 Å². The third-order valence-electron chi connectivity index (χ3n) is 2.58. The van der Waals surface area contributed by atoms with Crippen molar-refractivity contribution in [2.24, 2.45) is 0 Å². The number of anilines is 1.